The minimum atomic E-state index is -0.263. The maximum atomic E-state index is 13.0. The molecule has 5 aromatic rings. The van der Waals surface area contributed by atoms with Gasteiger partial charge >= 0.3 is 0 Å². The Balaban J connectivity index is 1.35. The lowest BCUT2D eigenvalue weighted by atomic mass is 10.0. The third kappa shape index (κ3) is 2.88. The van der Waals surface area contributed by atoms with Crippen molar-refractivity contribution < 1.29 is 18.7 Å². The minimum absolute atomic E-state index is 0.141. The second-order valence-corrected chi connectivity index (χ2v) is 8.58. The summed E-state index contributed by atoms with van der Waals surface area (Å²) in [7, 11) is 1.62. The van der Waals surface area contributed by atoms with Crippen LogP contribution in [0.25, 0.3) is 38.6 Å². The normalized spacial score (nSPS) is 13.2. The zero-order valence-electron chi connectivity index (χ0n) is 16.9. The predicted octanol–water partition coefficient (Wildman–Crippen LogP) is 6.18. The van der Waals surface area contributed by atoms with Crippen LogP contribution in [0.3, 0.4) is 0 Å². The molecule has 3 aromatic carbocycles. The van der Waals surface area contributed by atoms with Crippen molar-refractivity contribution in [2.45, 2.75) is 0 Å². The van der Waals surface area contributed by atoms with Crippen LogP contribution in [0.5, 0.6) is 5.75 Å². The summed E-state index contributed by atoms with van der Waals surface area (Å²) < 4.78 is 11.9. The van der Waals surface area contributed by atoms with Gasteiger partial charge in [-0.2, -0.15) is 0 Å². The summed E-state index contributed by atoms with van der Waals surface area (Å²) in [6, 6.07) is 20.8. The predicted molar refractivity (Wildman–Crippen MR) is 124 cm³/mol. The van der Waals surface area contributed by atoms with Crippen molar-refractivity contribution >= 4 is 50.2 Å². The number of aromatic nitrogens is 1. The number of fused-ring (bicyclic) bond motifs is 3. The van der Waals surface area contributed by atoms with E-state index in [0.29, 0.717) is 27.6 Å². The molecule has 0 spiro atoms. The van der Waals surface area contributed by atoms with Gasteiger partial charge in [-0.3, -0.25) is 9.59 Å². The Bertz CT molecular complexity index is 1500. The molecule has 6 rings (SSSR count). The molecule has 2 aromatic heterocycles. The smallest absolute Gasteiger partial charge is 0.238 e. The summed E-state index contributed by atoms with van der Waals surface area (Å²) in [6.45, 7) is 0. The van der Waals surface area contributed by atoms with Gasteiger partial charge in [0.15, 0.2) is 11.6 Å². The molecule has 5 nitrogen and oxygen atoms in total. The number of carbonyl (C=O) groups excluding carboxylic acids is 2. The van der Waals surface area contributed by atoms with Crippen LogP contribution in [0.4, 0.5) is 0 Å². The summed E-state index contributed by atoms with van der Waals surface area (Å²) in [4.78, 5) is 30.4. The van der Waals surface area contributed by atoms with Gasteiger partial charge in [-0.05, 0) is 53.2 Å². The van der Waals surface area contributed by atoms with E-state index in [4.69, 9.17) is 9.15 Å². The molecule has 0 N–H and O–H groups in total. The van der Waals surface area contributed by atoms with Gasteiger partial charge in [0, 0.05) is 22.8 Å². The summed E-state index contributed by atoms with van der Waals surface area (Å²) in [5, 5.41) is 2.44. The second-order valence-electron chi connectivity index (χ2n) is 7.52. The van der Waals surface area contributed by atoms with Crippen LogP contribution in [0.1, 0.15) is 25.7 Å². The van der Waals surface area contributed by atoms with Crippen LogP contribution in [0.2, 0.25) is 0 Å². The van der Waals surface area contributed by atoms with E-state index in [-0.39, 0.29) is 17.1 Å². The van der Waals surface area contributed by atoms with Crippen molar-refractivity contribution in [3.05, 3.63) is 88.4 Å². The van der Waals surface area contributed by atoms with E-state index in [1.165, 1.54) is 11.3 Å². The van der Waals surface area contributed by atoms with Gasteiger partial charge in [0.1, 0.15) is 16.5 Å². The number of carbonyl (C=O) groups is 2. The molecule has 2 heterocycles. The van der Waals surface area contributed by atoms with Crippen LogP contribution in [0, 0.1) is 0 Å². The van der Waals surface area contributed by atoms with E-state index in [1.54, 1.807) is 25.3 Å². The molecule has 0 saturated heterocycles. The first-order valence-electron chi connectivity index (χ1n) is 9.99. The van der Waals surface area contributed by atoms with E-state index in [1.807, 2.05) is 54.6 Å². The number of methoxy groups -OCH3 is 1. The third-order valence-electron chi connectivity index (χ3n) is 5.61. The highest BCUT2D eigenvalue weighted by Crippen LogP contribution is 2.35. The molecular formula is C26H15NO4S. The lowest BCUT2D eigenvalue weighted by Crippen LogP contribution is -2.00. The number of benzene rings is 3. The van der Waals surface area contributed by atoms with Crippen molar-refractivity contribution in [1.82, 2.24) is 4.98 Å². The van der Waals surface area contributed by atoms with Crippen molar-refractivity contribution in [3.63, 3.8) is 0 Å². The number of furan rings is 1. The van der Waals surface area contributed by atoms with Crippen LogP contribution in [-0.2, 0) is 0 Å². The highest BCUT2D eigenvalue weighted by Gasteiger charge is 2.33. The first-order chi connectivity index (χ1) is 15.6. The average Bonchev–Trinajstić information content (AvgIpc) is 3.45. The molecule has 6 heteroatoms. The average molecular weight is 437 g/mol. The second kappa shape index (κ2) is 7.00. The third-order valence-corrected chi connectivity index (χ3v) is 6.54. The quantitative estimate of drug-likeness (QED) is 0.249. The van der Waals surface area contributed by atoms with Gasteiger partial charge in [-0.1, -0.05) is 24.3 Å². The molecule has 32 heavy (non-hydrogen) atoms. The molecule has 1 aliphatic rings. The topological polar surface area (TPSA) is 69.4 Å². The minimum Gasteiger partial charge on any atom is -0.497 e. The molecule has 1 aliphatic carbocycles. The van der Waals surface area contributed by atoms with E-state index >= 15 is 0 Å². The highest BCUT2D eigenvalue weighted by molar-refractivity contribution is 7.19. The molecule has 0 atom stereocenters. The number of rotatable bonds is 3. The first kappa shape index (κ1) is 18.7. The van der Waals surface area contributed by atoms with Crippen LogP contribution < -0.4 is 4.74 Å². The Morgan fingerprint density at radius 3 is 2.16 bits per heavy atom. The number of thiazole rings is 1. The van der Waals surface area contributed by atoms with Gasteiger partial charge in [-0.15, -0.1) is 11.3 Å². The zero-order valence-corrected chi connectivity index (χ0v) is 17.7. The van der Waals surface area contributed by atoms with E-state index in [2.05, 4.69) is 4.98 Å². The maximum Gasteiger partial charge on any atom is 0.238 e. The van der Waals surface area contributed by atoms with Crippen molar-refractivity contribution in [2.24, 2.45) is 0 Å². The van der Waals surface area contributed by atoms with Gasteiger partial charge in [-0.25, -0.2) is 4.98 Å². The summed E-state index contributed by atoms with van der Waals surface area (Å²) in [5.74, 6) is 0.949. The van der Waals surface area contributed by atoms with Crippen molar-refractivity contribution in [1.29, 1.82) is 0 Å². The van der Waals surface area contributed by atoms with E-state index < -0.39 is 0 Å². The Morgan fingerprint density at radius 1 is 0.906 bits per heavy atom. The summed E-state index contributed by atoms with van der Waals surface area (Å²) in [5.41, 5.74) is 2.43. The molecule has 0 saturated carbocycles. The number of Topliss-reactive ketones (excluding diaryl/α,β-unsaturated/α-hetero) is 2. The van der Waals surface area contributed by atoms with Crippen LogP contribution in [-0.4, -0.2) is 23.7 Å². The van der Waals surface area contributed by atoms with Gasteiger partial charge in [0.25, 0.3) is 0 Å². The van der Waals surface area contributed by atoms with E-state index in [0.717, 1.165) is 26.8 Å². The van der Waals surface area contributed by atoms with Gasteiger partial charge in [0.05, 0.1) is 17.4 Å². The SMILES string of the molecule is COc1ccc(-c2cc3sc(C=C4C(=O)c5cc6ccccc6cc5C4=O)nc3o2)cc1. The number of ether oxygens (including phenoxy) is 1. The fraction of sp³-hybridized carbons (Fsp3) is 0.0385. The fourth-order valence-electron chi connectivity index (χ4n) is 3.97. The van der Waals surface area contributed by atoms with E-state index in [9.17, 15) is 9.59 Å². The Kier molecular flexibility index (Phi) is 4.10. The number of hydrogen-bond acceptors (Lipinski definition) is 6. The Hall–Kier alpha value is -4.03. The number of hydrogen-bond donors (Lipinski definition) is 0. The standard InChI is InChI=1S/C26H15NO4S/c1-30-17-8-6-14(7-9-17)21-13-22-26(31-21)27-23(32-22)12-20-24(28)18-10-15-4-2-3-5-16(15)11-19(18)25(20)29/h2-13H,1H3. The molecule has 0 unspecified atom stereocenters. The molecule has 0 aliphatic heterocycles. The fourth-order valence-corrected chi connectivity index (χ4v) is 4.85. The van der Waals surface area contributed by atoms with Gasteiger partial charge < -0.3 is 9.15 Å². The van der Waals surface area contributed by atoms with Gasteiger partial charge in [0.2, 0.25) is 5.71 Å². The largest absolute Gasteiger partial charge is 0.497 e. The zero-order chi connectivity index (χ0) is 21.8. The lowest BCUT2D eigenvalue weighted by molar-refractivity contribution is 0.0990. The number of allylic oxidation sites excluding steroid dienone is 1. The van der Waals surface area contributed by atoms with Crippen molar-refractivity contribution in [2.75, 3.05) is 7.11 Å². The monoisotopic (exact) mass is 437 g/mol. The number of ketones is 2. The highest BCUT2D eigenvalue weighted by atomic mass is 32.1. The molecule has 0 bridgehead atoms. The van der Waals surface area contributed by atoms with Crippen LogP contribution >= 0.6 is 11.3 Å². The van der Waals surface area contributed by atoms with Crippen molar-refractivity contribution in [3.8, 4) is 17.1 Å². The maximum absolute atomic E-state index is 13.0. The molecule has 0 amide bonds. The lowest BCUT2D eigenvalue weighted by Gasteiger charge is -2.00. The Morgan fingerprint density at radius 2 is 1.56 bits per heavy atom. The summed E-state index contributed by atoms with van der Waals surface area (Å²) in [6.07, 6.45) is 1.57. The molecular weight excluding hydrogens is 422 g/mol. The first-order valence-corrected chi connectivity index (χ1v) is 10.8. The molecule has 0 radical (unpaired) electrons. The molecule has 154 valence electrons. The Labute approximate surface area is 186 Å². The summed E-state index contributed by atoms with van der Waals surface area (Å²) >= 11 is 1.38. The van der Waals surface area contributed by atoms with Crippen LogP contribution in [0.15, 0.2) is 76.7 Å². The number of nitrogens with zero attached hydrogens (tertiary/aromatic N) is 1. The molecule has 0 fully saturated rings.